The van der Waals surface area contributed by atoms with Crippen LogP contribution >= 0.6 is 23.2 Å². The fourth-order valence-corrected chi connectivity index (χ4v) is 4.75. The lowest BCUT2D eigenvalue weighted by Crippen LogP contribution is -2.13. The summed E-state index contributed by atoms with van der Waals surface area (Å²) in [6.45, 7) is 0. The van der Waals surface area contributed by atoms with Crippen molar-refractivity contribution < 1.29 is 16.8 Å². The fraction of sp³-hybridized carbons (Fsp3) is 0. The molecule has 0 amide bonds. The van der Waals surface area contributed by atoms with Crippen LogP contribution in [-0.2, 0) is 20.0 Å². The van der Waals surface area contributed by atoms with Crippen LogP contribution in [0.15, 0.2) is 107 Å². The van der Waals surface area contributed by atoms with E-state index in [1.807, 2.05) is 0 Å². The molecule has 0 aliphatic heterocycles. The van der Waals surface area contributed by atoms with E-state index in [1.165, 1.54) is 48.8 Å². The molecule has 0 fully saturated rings. The highest BCUT2D eigenvalue weighted by atomic mass is 35.5. The molecule has 0 aliphatic carbocycles. The van der Waals surface area contributed by atoms with E-state index in [2.05, 4.69) is 19.4 Å². The lowest BCUT2D eigenvalue weighted by atomic mass is 10.4. The van der Waals surface area contributed by atoms with Gasteiger partial charge in [0.2, 0.25) is 0 Å². The Morgan fingerprint density at radius 3 is 1.18 bits per heavy atom. The standard InChI is InChI=1S/2C11H9ClN2O2S/c2*12-9-6-7-11(13-8-9)14-17(15,16)10-4-2-1-3-5-10/h2*1-8H,(H,13,14). The van der Waals surface area contributed by atoms with Gasteiger partial charge >= 0.3 is 0 Å². The van der Waals surface area contributed by atoms with Gasteiger partial charge in [0.25, 0.3) is 20.0 Å². The zero-order chi connectivity index (χ0) is 24.6. The number of sulfonamides is 2. The van der Waals surface area contributed by atoms with E-state index in [-0.39, 0.29) is 21.4 Å². The number of aromatic nitrogens is 2. The maximum absolute atomic E-state index is 11.9. The first-order chi connectivity index (χ1) is 16.2. The zero-order valence-corrected chi connectivity index (χ0v) is 20.5. The minimum atomic E-state index is -3.58. The minimum absolute atomic E-state index is 0.191. The fourth-order valence-electron chi connectivity index (χ4n) is 2.46. The SMILES string of the molecule is O=S(=O)(Nc1ccc(Cl)cn1)c1ccccc1.O=S(=O)(Nc1ccc(Cl)cn1)c1ccccc1. The molecule has 0 saturated heterocycles. The van der Waals surface area contributed by atoms with Crippen molar-refractivity contribution in [1.29, 1.82) is 0 Å². The van der Waals surface area contributed by atoms with Crippen LogP contribution in [0, 0.1) is 0 Å². The summed E-state index contributed by atoms with van der Waals surface area (Å²) in [4.78, 5) is 8.12. The van der Waals surface area contributed by atoms with Gasteiger partial charge in [-0.25, -0.2) is 26.8 Å². The molecule has 0 radical (unpaired) electrons. The van der Waals surface area contributed by atoms with Gasteiger partial charge in [-0.1, -0.05) is 59.6 Å². The van der Waals surface area contributed by atoms with E-state index >= 15 is 0 Å². The highest BCUT2D eigenvalue weighted by Gasteiger charge is 2.14. The number of nitrogens with one attached hydrogen (secondary N) is 2. The number of pyridine rings is 2. The number of anilines is 2. The molecule has 2 aromatic carbocycles. The molecule has 2 heterocycles. The van der Waals surface area contributed by atoms with Crippen molar-refractivity contribution >= 4 is 54.9 Å². The molecule has 2 aromatic heterocycles. The van der Waals surface area contributed by atoms with Crippen LogP contribution in [0.25, 0.3) is 0 Å². The summed E-state index contributed by atoms with van der Waals surface area (Å²) in [7, 11) is -7.16. The molecule has 0 aliphatic rings. The van der Waals surface area contributed by atoms with E-state index in [0.717, 1.165) is 0 Å². The van der Waals surface area contributed by atoms with Crippen LogP contribution in [0.5, 0.6) is 0 Å². The molecule has 8 nitrogen and oxygen atoms in total. The summed E-state index contributed by atoms with van der Waals surface area (Å²) in [5.41, 5.74) is 0. The Bertz CT molecular complexity index is 1310. The van der Waals surface area contributed by atoms with Gasteiger partial charge in [-0.3, -0.25) is 9.44 Å². The second-order valence-electron chi connectivity index (χ2n) is 6.56. The monoisotopic (exact) mass is 536 g/mol. The van der Waals surface area contributed by atoms with Gasteiger partial charge in [-0.15, -0.1) is 0 Å². The van der Waals surface area contributed by atoms with E-state index in [1.54, 1.807) is 48.5 Å². The topological polar surface area (TPSA) is 118 Å². The van der Waals surface area contributed by atoms with E-state index in [9.17, 15) is 16.8 Å². The van der Waals surface area contributed by atoms with E-state index < -0.39 is 20.0 Å². The summed E-state index contributed by atoms with van der Waals surface area (Å²) in [5, 5.41) is 0.903. The third kappa shape index (κ3) is 7.42. The maximum Gasteiger partial charge on any atom is 0.263 e. The van der Waals surface area contributed by atoms with Crippen LogP contribution < -0.4 is 9.44 Å². The van der Waals surface area contributed by atoms with Crippen molar-refractivity contribution in [2.75, 3.05) is 9.44 Å². The van der Waals surface area contributed by atoms with Crippen LogP contribution in [0.2, 0.25) is 10.0 Å². The Morgan fingerprint density at radius 1 is 0.529 bits per heavy atom. The number of hydrogen-bond acceptors (Lipinski definition) is 6. The Labute approximate surface area is 207 Å². The van der Waals surface area contributed by atoms with Crippen molar-refractivity contribution in [3.8, 4) is 0 Å². The second kappa shape index (κ2) is 11.3. The first-order valence-corrected chi connectivity index (χ1v) is 13.3. The first-order valence-electron chi connectivity index (χ1n) is 9.54. The summed E-state index contributed by atoms with van der Waals surface area (Å²) >= 11 is 11.3. The quantitative estimate of drug-likeness (QED) is 0.355. The van der Waals surface area contributed by atoms with E-state index in [0.29, 0.717) is 10.0 Å². The van der Waals surface area contributed by atoms with Crippen molar-refractivity contribution in [2.24, 2.45) is 0 Å². The number of hydrogen-bond donors (Lipinski definition) is 2. The van der Waals surface area contributed by atoms with Crippen LogP contribution in [-0.4, -0.2) is 26.8 Å². The third-order valence-corrected chi connectivity index (χ3v) is 7.23. The first kappa shape index (κ1) is 25.4. The predicted octanol–water partition coefficient (Wildman–Crippen LogP) is 5.07. The Morgan fingerprint density at radius 2 is 0.882 bits per heavy atom. The molecule has 176 valence electrons. The highest BCUT2D eigenvalue weighted by molar-refractivity contribution is 7.93. The van der Waals surface area contributed by atoms with Crippen molar-refractivity contribution in [3.63, 3.8) is 0 Å². The van der Waals surface area contributed by atoms with Crippen LogP contribution in [0.1, 0.15) is 0 Å². The Balaban J connectivity index is 0.000000191. The number of halogens is 2. The van der Waals surface area contributed by atoms with Gasteiger partial charge in [0.1, 0.15) is 11.6 Å². The van der Waals surface area contributed by atoms with Gasteiger partial charge in [-0.05, 0) is 48.5 Å². The molecule has 4 rings (SSSR count). The lowest BCUT2D eigenvalue weighted by Gasteiger charge is -2.06. The van der Waals surface area contributed by atoms with Gasteiger partial charge in [0.05, 0.1) is 19.8 Å². The Kier molecular flexibility index (Phi) is 8.46. The number of nitrogens with zero attached hydrogens (tertiary/aromatic N) is 2. The third-order valence-electron chi connectivity index (χ3n) is 4.04. The molecule has 0 bridgehead atoms. The molecule has 12 heteroatoms. The number of rotatable bonds is 6. The molecule has 0 saturated carbocycles. The van der Waals surface area contributed by atoms with Gasteiger partial charge in [-0.2, -0.15) is 0 Å². The van der Waals surface area contributed by atoms with Gasteiger partial charge in [0, 0.05) is 12.4 Å². The molecule has 4 aromatic rings. The van der Waals surface area contributed by atoms with Crippen molar-refractivity contribution in [2.45, 2.75) is 9.79 Å². The largest absolute Gasteiger partial charge is 0.263 e. The lowest BCUT2D eigenvalue weighted by molar-refractivity contribution is 0.599. The summed E-state index contributed by atoms with van der Waals surface area (Å²) < 4.78 is 52.3. The second-order valence-corrected chi connectivity index (χ2v) is 10.8. The smallest absolute Gasteiger partial charge is 0.263 e. The molecule has 0 spiro atoms. The highest BCUT2D eigenvalue weighted by Crippen LogP contribution is 2.16. The summed E-state index contributed by atoms with van der Waals surface area (Å²) in [6, 6.07) is 22.3. The average molecular weight is 537 g/mol. The van der Waals surface area contributed by atoms with Gasteiger partial charge < -0.3 is 0 Å². The zero-order valence-electron chi connectivity index (χ0n) is 17.3. The normalized spacial score (nSPS) is 11.1. The number of benzene rings is 2. The molecule has 34 heavy (non-hydrogen) atoms. The molecular weight excluding hydrogens is 519 g/mol. The Hall–Kier alpha value is -3.18. The predicted molar refractivity (Wildman–Crippen MR) is 133 cm³/mol. The van der Waals surface area contributed by atoms with Crippen LogP contribution in [0.4, 0.5) is 11.6 Å². The summed E-state index contributed by atoms with van der Waals surface area (Å²) in [5.74, 6) is 0.469. The van der Waals surface area contributed by atoms with Gasteiger partial charge in [0.15, 0.2) is 0 Å². The van der Waals surface area contributed by atoms with Crippen molar-refractivity contribution in [1.82, 2.24) is 9.97 Å². The molecule has 0 unspecified atom stereocenters. The van der Waals surface area contributed by atoms with E-state index in [4.69, 9.17) is 23.2 Å². The molecule has 2 N–H and O–H groups in total. The average Bonchev–Trinajstić information content (AvgIpc) is 2.83. The maximum atomic E-state index is 11.9. The molecular formula is C22H18Cl2N4O4S2. The summed E-state index contributed by atoms with van der Waals surface area (Å²) in [6.07, 6.45) is 2.76. The minimum Gasteiger partial charge on any atom is -0.263 e. The van der Waals surface area contributed by atoms with Crippen LogP contribution in [0.3, 0.4) is 0 Å². The molecule has 0 atom stereocenters. The van der Waals surface area contributed by atoms with Crippen molar-refractivity contribution in [3.05, 3.63) is 107 Å².